The lowest BCUT2D eigenvalue weighted by Crippen LogP contribution is -2.27. The summed E-state index contributed by atoms with van der Waals surface area (Å²) in [4.78, 5) is 16.1. The first-order valence-corrected chi connectivity index (χ1v) is 19.6. The van der Waals surface area contributed by atoms with Gasteiger partial charge in [0.1, 0.15) is 17.5 Å². The van der Waals surface area contributed by atoms with Crippen molar-refractivity contribution in [2.75, 3.05) is 13.2 Å². The number of nitrogens with zero attached hydrogens (tertiary/aromatic N) is 4. The number of benzene rings is 3. The molecule has 0 atom stereocenters. The lowest BCUT2D eigenvalue weighted by atomic mass is 10.2. The van der Waals surface area contributed by atoms with Crippen LogP contribution in [0, 0.1) is 101 Å². The van der Waals surface area contributed by atoms with Crippen molar-refractivity contribution < 1.29 is 18.3 Å². The van der Waals surface area contributed by atoms with Gasteiger partial charge in [0.2, 0.25) is 0 Å². The van der Waals surface area contributed by atoms with E-state index in [1.807, 2.05) is 111 Å². The van der Waals surface area contributed by atoms with E-state index in [1.165, 1.54) is 34.4 Å². The Balaban J connectivity index is -0.000000205. The molecule has 0 unspecified atom stereocenters. The molecule has 352 valence electrons. The van der Waals surface area contributed by atoms with Gasteiger partial charge in [-0.15, -0.1) is 0 Å². The summed E-state index contributed by atoms with van der Waals surface area (Å²) in [5, 5.41) is 0. The van der Waals surface area contributed by atoms with Gasteiger partial charge in [-0.3, -0.25) is 9.97 Å². The van der Waals surface area contributed by atoms with Crippen molar-refractivity contribution in [3.05, 3.63) is 189 Å². The fraction of sp³-hybridized carbons (Fsp3) is 0.418. The third-order valence-electron chi connectivity index (χ3n) is 8.13. The normalized spacial score (nSPS) is 12.5. The minimum atomic E-state index is -0.116. The molecule has 0 N–H and O–H groups in total. The van der Waals surface area contributed by atoms with Gasteiger partial charge in [-0.2, -0.15) is 0 Å². The average Bonchev–Trinajstić information content (AvgIpc) is 3.19. The number of aromatic nitrogens is 4. The van der Waals surface area contributed by atoms with E-state index >= 15 is 0 Å². The minimum absolute atomic E-state index is 0. The van der Waals surface area contributed by atoms with E-state index in [0.717, 1.165) is 47.1 Å². The van der Waals surface area contributed by atoms with Gasteiger partial charge in [0.15, 0.2) is 6.29 Å². The van der Waals surface area contributed by atoms with Crippen LogP contribution in [-0.4, -0.2) is 39.4 Å². The van der Waals surface area contributed by atoms with Gasteiger partial charge in [0, 0.05) is 42.1 Å². The van der Waals surface area contributed by atoms with Crippen molar-refractivity contribution in [3.8, 4) is 0 Å². The van der Waals surface area contributed by atoms with E-state index in [1.54, 1.807) is 26.0 Å². The predicted molar refractivity (Wildman–Crippen MR) is 271 cm³/mol. The highest BCUT2D eigenvalue weighted by Crippen LogP contribution is 2.09. The zero-order valence-electron chi connectivity index (χ0n) is 37.3. The Morgan fingerprint density at radius 2 is 0.698 bits per heavy atom. The summed E-state index contributed by atoms with van der Waals surface area (Å²) in [7, 11) is 0. The highest BCUT2D eigenvalue weighted by Gasteiger charge is 2.13. The Labute approximate surface area is 385 Å². The van der Waals surface area contributed by atoms with Crippen molar-refractivity contribution in [2.24, 2.45) is 5.92 Å². The Kier molecular flexibility index (Phi) is 39.7. The van der Waals surface area contributed by atoms with Crippen LogP contribution in [0.25, 0.3) is 0 Å². The standard InChI is InChI=1S/2C8H9F.C8H10.2C7H9N.C6H8N2.C6H12O2.5CH4/c2*1-6-3-4-7(2)8(9)5-6;1-7-3-5-8(2)6-4-7;2*1-6-3-4-7(2)8-5-6;2*1-5-3-7-6(2)8-4-5;;;;;/h2*3-5H,1-2H3;3-6H,1-2H3;2*3-5H,1-2H3;3-4H,1-2H3;5-6H,3-4H2,1-2H3;5*1H4. The quantitative estimate of drug-likeness (QED) is 0.151. The van der Waals surface area contributed by atoms with Gasteiger partial charge in [-0.1, -0.05) is 116 Å². The maximum atomic E-state index is 12.6. The fourth-order valence-corrected chi connectivity index (χ4v) is 4.27. The summed E-state index contributed by atoms with van der Waals surface area (Å²) < 4.78 is 35.5. The molecule has 4 heterocycles. The molecular weight excluding hydrogens is 787 g/mol. The highest BCUT2D eigenvalue weighted by molar-refractivity contribution is 5.23. The topological polar surface area (TPSA) is 70.0 Å². The average molecular weight is 873 g/mol. The molecular formula is C55H86F2N4O2. The zero-order valence-corrected chi connectivity index (χ0v) is 37.3. The second-order valence-electron chi connectivity index (χ2n) is 14.8. The first-order valence-electron chi connectivity index (χ1n) is 19.6. The number of hydrogen-bond acceptors (Lipinski definition) is 6. The second-order valence-corrected chi connectivity index (χ2v) is 14.8. The molecule has 6 aromatic rings. The monoisotopic (exact) mass is 873 g/mol. The van der Waals surface area contributed by atoms with E-state index in [0.29, 0.717) is 17.0 Å². The van der Waals surface area contributed by atoms with Gasteiger partial charge in [0.25, 0.3) is 0 Å². The molecule has 1 aliphatic heterocycles. The van der Waals surface area contributed by atoms with Crippen LogP contribution in [0.4, 0.5) is 8.78 Å². The predicted octanol–water partition coefficient (Wildman–Crippen LogP) is 15.9. The maximum absolute atomic E-state index is 12.6. The molecule has 63 heavy (non-hydrogen) atoms. The Morgan fingerprint density at radius 3 is 0.937 bits per heavy atom. The fourth-order valence-electron chi connectivity index (χ4n) is 4.27. The van der Waals surface area contributed by atoms with Crippen LogP contribution in [0.1, 0.15) is 118 Å². The minimum Gasteiger partial charge on any atom is -0.353 e. The zero-order chi connectivity index (χ0) is 43.6. The molecule has 8 heteroatoms. The van der Waals surface area contributed by atoms with E-state index < -0.39 is 0 Å². The largest absolute Gasteiger partial charge is 0.353 e. The van der Waals surface area contributed by atoms with Crippen LogP contribution >= 0.6 is 0 Å². The van der Waals surface area contributed by atoms with E-state index in [9.17, 15) is 8.78 Å². The molecule has 3 aromatic carbocycles. The Bertz CT molecular complexity index is 1660. The van der Waals surface area contributed by atoms with Crippen LogP contribution in [-0.2, 0) is 9.47 Å². The lowest BCUT2D eigenvalue weighted by molar-refractivity contribution is -0.187. The van der Waals surface area contributed by atoms with E-state index in [2.05, 4.69) is 77.1 Å². The van der Waals surface area contributed by atoms with Gasteiger partial charge in [-0.25, -0.2) is 18.7 Å². The summed E-state index contributed by atoms with van der Waals surface area (Å²) >= 11 is 0. The number of pyridine rings is 2. The number of ether oxygens (including phenoxy) is 2. The molecule has 0 saturated carbocycles. The third kappa shape index (κ3) is 34.0. The van der Waals surface area contributed by atoms with Crippen molar-refractivity contribution in [1.82, 2.24) is 19.9 Å². The number of hydrogen-bond donors (Lipinski definition) is 0. The van der Waals surface area contributed by atoms with Gasteiger partial charge < -0.3 is 9.47 Å². The number of aryl methyl sites for hydroxylation is 12. The molecule has 1 aliphatic rings. The molecule has 1 fully saturated rings. The summed E-state index contributed by atoms with van der Waals surface area (Å²) in [6.07, 6.45) is 7.38. The summed E-state index contributed by atoms with van der Waals surface area (Å²) in [5.74, 6) is 1.17. The molecule has 1 saturated heterocycles. The van der Waals surface area contributed by atoms with Crippen molar-refractivity contribution >= 4 is 0 Å². The molecule has 6 nitrogen and oxygen atoms in total. The maximum Gasteiger partial charge on any atom is 0.154 e. The molecule has 0 radical (unpaired) electrons. The Morgan fingerprint density at radius 1 is 0.397 bits per heavy atom. The van der Waals surface area contributed by atoms with Crippen molar-refractivity contribution in [2.45, 2.75) is 140 Å². The van der Waals surface area contributed by atoms with Gasteiger partial charge in [0.05, 0.1) is 13.2 Å². The molecule has 0 amide bonds. The third-order valence-corrected chi connectivity index (χ3v) is 8.13. The molecule has 0 spiro atoms. The van der Waals surface area contributed by atoms with E-state index in [-0.39, 0.29) is 55.1 Å². The van der Waals surface area contributed by atoms with Crippen molar-refractivity contribution in [3.63, 3.8) is 0 Å². The smallest absolute Gasteiger partial charge is 0.154 e. The van der Waals surface area contributed by atoms with Crippen LogP contribution in [0.3, 0.4) is 0 Å². The number of halogens is 2. The molecule has 7 rings (SSSR count). The van der Waals surface area contributed by atoms with Crippen LogP contribution in [0.5, 0.6) is 0 Å². The molecule has 3 aromatic heterocycles. The second kappa shape index (κ2) is 37.4. The first kappa shape index (κ1) is 66.9. The first-order chi connectivity index (χ1) is 27.3. The van der Waals surface area contributed by atoms with Crippen LogP contribution in [0.2, 0.25) is 0 Å². The molecule has 0 aliphatic carbocycles. The van der Waals surface area contributed by atoms with Gasteiger partial charge in [-0.05, 0) is 153 Å². The Hall–Kier alpha value is -5.18. The summed E-state index contributed by atoms with van der Waals surface area (Å²) in [6.45, 7) is 29.1. The van der Waals surface area contributed by atoms with Crippen LogP contribution in [0.15, 0.2) is 110 Å². The SMILES string of the molecule is C.C.C.C.C.CC1COC(C)OC1.Cc1ccc(C)c(F)c1.Cc1ccc(C)c(F)c1.Cc1ccc(C)cc1.Cc1ccc(C)nc1.Cc1ccc(C)nc1.Cc1cnc(C)nc1. The highest BCUT2D eigenvalue weighted by atomic mass is 19.1. The van der Waals surface area contributed by atoms with Gasteiger partial charge >= 0.3 is 0 Å². The summed E-state index contributed by atoms with van der Waals surface area (Å²) in [5.41, 5.74) is 11.7. The number of rotatable bonds is 0. The summed E-state index contributed by atoms with van der Waals surface area (Å²) in [6, 6.07) is 27.1. The van der Waals surface area contributed by atoms with Crippen molar-refractivity contribution in [1.29, 1.82) is 0 Å². The van der Waals surface area contributed by atoms with E-state index in [4.69, 9.17) is 9.47 Å². The molecule has 0 bridgehead atoms. The lowest BCUT2D eigenvalue weighted by Gasteiger charge is -2.24. The van der Waals surface area contributed by atoms with Crippen LogP contribution < -0.4 is 0 Å².